The van der Waals surface area contributed by atoms with Crippen LogP contribution < -0.4 is 39.1 Å². The maximum absolute atomic E-state index is 12.7. The van der Waals surface area contributed by atoms with E-state index in [1.807, 2.05) is 0 Å². The van der Waals surface area contributed by atoms with Gasteiger partial charge in [-0.25, -0.2) is 0 Å². The number of rotatable bonds is 14. The molecule has 0 aliphatic carbocycles. The van der Waals surface area contributed by atoms with E-state index in [9.17, 15) is 9.59 Å². The molecule has 242 valence electrons. The average Bonchev–Trinajstić information content (AvgIpc) is 3.07. The minimum absolute atomic E-state index is 0.0135. The number of amides is 2. The molecule has 0 saturated heterocycles. The molecular weight excluding hydrogens is 594 g/mol. The molecule has 0 unspecified atom stereocenters. The molecule has 0 aliphatic rings. The van der Waals surface area contributed by atoms with Crippen LogP contribution in [0, 0.1) is 0 Å². The third-order valence-electron chi connectivity index (χ3n) is 6.84. The molecule has 13 nitrogen and oxygen atoms in total. The maximum atomic E-state index is 12.7. The van der Waals surface area contributed by atoms with Crippen LogP contribution in [0.2, 0.25) is 0 Å². The Labute approximate surface area is 267 Å². The lowest BCUT2D eigenvalue weighted by Crippen LogP contribution is -2.36. The highest BCUT2D eigenvalue weighted by Crippen LogP contribution is 2.42. The fourth-order valence-corrected chi connectivity index (χ4v) is 4.68. The molecule has 46 heavy (non-hydrogen) atoms. The van der Waals surface area contributed by atoms with Crippen LogP contribution in [0.15, 0.2) is 60.9 Å². The van der Waals surface area contributed by atoms with Crippen LogP contribution >= 0.6 is 0 Å². The number of carbonyl (C=O) groups excluding carboxylic acids is 2. The van der Waals surface area contributed by atoms with Gasteiger partial charge in [-0.05, 0) is 55.6 Å². The summed E-state index contributed by atoms with van der Waals surface area (Å²) in [6, 6.07) is 14.2. The molecule has 2 aromatic carbocycles. The van der Waals surface area contributed by atoms with Crippen molar-refractivity contribution in [3.8, 4) is 57.0 Å². The summed E-state index contributed by atoms with van der Waals surface area (Å²) in [7, 11) is 10.9. The van der Waals surface area contributed by atoms with E-state index in [1.54, 1.807) is 101 Å². The van der Waals surface area contributed by atoms with Crippen LogP contribution in [0.1, 0.15) is 0 Å². The van der Waals surface area contributed by atoms with Crippen molar-refractivity contribution in [2.75, 3.05) is 73.4 Å². The predicted molar refractivity (Wildman–Crippen MR) is 173 cm³/mol. The zero-order valence-electron chi connectivity index (χ0n) is 26.8. The van der Waals surface area contributed by atoms with Crippen LogP contribution in [-0.2, 0) is 9.59 Å². The molecule has 2 amide bonds. The Bertz CT molecular complexity index is 1490. The van der Waals surface area contributed by atoms with Crippen molar-refractivity contribution in [1.29, 1.82) is 0 Å². The van der Waals surface area contributed by atoms with E-state index >= 15 is 0 Å². The standard InChI is InChI=1S/C33H37N5O8/c1-38(18-30(39)36-22-8-10-24(34-16-22)20-12-26(41-2)32(45-6)27(13-20)42-3)19-31(40)37-23-9-11-25(35-17-23)21-14-28(43-4)33(46-7)29(15-21)44-5/h8-17H,18-19H2,1-7H3,(H,36,39)(H,37,40). The normalized spacial score (nSPS) is 10.6. The topological polar surface area (TPSA) is 143 Å². The largest absolute Gasteiger partial charge is 0.493 e. The highest BCUT2D eigenvalue weighted by Gasteiger charge is 2.17. The lowest BCUT2D eigenvalue weighted by atomic mass is 10.1. The van der Waals surface area contributed by atoms with Gasteiger partial charge < -0.3 is 39.1 Å². The summed E-state index contributed by atoms with van der Waals surface area (Å²) in [5.74, 6) is 2.40. The number of carbonyl (C=O) groups is 2. The molecule has 0 spiro atoms. The smallest absolute Gasteiger partial charge is 0.238 e. The van der Waals surface area contributed by atoms with Crippen molar-refractivity contribution >= 4 is 23.2 Å². The molecule has 0 radical (unpaired) electrons. The number of methoxy groups -OCH3 is 6. The van der Waals surface area contributed by atoms with Gasteiger partial charge in [0.2, 0.25) is 23.3 Å². The summed E-state index contributed by atoms with van der Waals surface area (Å²) in [6.45, 7) is -0.0270. The van der Waals surface area contributed by atoms with Gasteiger partial charge in [0.1, 0.15) is 0 Å². The zero-order valence-corrected chi connectivity index (χ0v) is 26.8. The molecule has 0 saturated carbocycles. The van der Waals surface area contributed by atoms with E-state index in [1.165, 1.54) is 14.2 Å². The molecule has 2 heterocycles. The molecular formula is C33H37N5O8. The molecule has 4 rings (SSSR count). The number of pyridine rings is 2. The number of nitrogens with zero attached hydrogens (tertiary/aromatic N) is 3. The number of likely N-dealkylation sites (N-methyl/N-ethyl adjacent to an activating group) is 1. The van der Waals surface area contributed by atoms with E-state index in [4.69, 9.17) is 28.4 Å². The highest BCUT2D eigenvalue weighted by atomic mass is 16.5. The highest BCUT2D eigenvalue weighted by molar-refractivity contribution is 5.94. The van der Waals surface area contributed by atoms with Crippen LogP contribution in [0.25, 0.3) is 22.5 Å². The molecule has 0 atom stereocenters. The van der Waals surface area contributed by atoms with Gasteiger partial charge in [0, 0.05) is 11.1 Å². The summed E-state index contributed by atoms with van der Waals surface area (Å²) in [5.41, 5.74) is 3.83. The van der Waals surface area contributed by atoms with Crippen LogP contribution in [-0.4, -0.2) is 89.5 Å². The Hall–Kier alpha value is -5.56. The van der Waals surface area contributed by atoms with Crippen LogP contribution in [0.5, 0.6) is 34.5 Å². The van der Waals surface area contributed by atoms with Gasteiger partial charge in [-0.1, -0.05) is 0 Å². The third-order valence-corrected chi connectivity index (χ3v) is 6.84. The summed E-state index contributed by atoms with van der Waals surface area (Å²) >= 11 is 0. The summed E-state index contributed by atoms with van der Waals surface area (Å²) in [4.78, 5) is 35.9. The SMILES string of the molecule is COc1cc(-c2ccc(NC(=O)CN(C)CC(=O)Nc3ccc(-c4cc(OC)c(OC)c(OC)c4)nc3)cn2)cc(OC)c1OC. The number of hydrogen-bond acceptors (Lipinski definition) is 11. The van der Waals surface area contributed by atoms with Gasteiger partial charge in [0.05, 0.1) is 90.9 Å². The number of hydrogen-bond donors (Lipinski definition) is 2. The summed E-state index contributed by atoms with van der Waals surface area (Å²) < 4.78 is 32.4. The predicted octanol–water partition coefficient (Wildman–Crippen LogP) is 4.37. The minimum atomic E-state index is -0.297. The number of ether oxygens (including phenoxy) is 6. The van der Waals surface area contributed by atoms with Crippen LogP contribution in [0.3, 0.4) is 0 Å². The molecule has 2 aromatic heterocycles. The third kappa shape index (κ3) is 7.93. The monoisotopic (exact) mass is 631 g/mol. The van der Waals surface area contributed by atoms with Gasteiger partial charge in [0.25, 0.3) is 0 Å². The second-order valence-electron chi connectivity index (χ2n) is 9.96. The van der Waals surface area contributed by atoms with Crippen molar-refractivity contribution in [2.45, 2.75) is 0 Å². The second-order valence-corrected chi connectivity index (χ2v) is 9.96. The fourth-order valence-electron chi connectivity index (χ4n) is 4.68. The first-order valence-electron chi connectivity index (χ1n) is 14.0. The van der Waals surface area contributed by atoms with Gasteiger partial charge >= 0.3 is 0 Å². The van der Waals surface area contributed by atoms with E-state index in [2.05, 4.69) is 20.6 Å². The van der Waals surface area contributed by atoms with Crippen molar-refractivity contribution < 1.29 is 38.0 Å². The molecule has 4 aromatic rings. The molecule has 2 N–H and O–H groups in total. The lowest BCUT2D eigenvalue weighted by molar-refractivity contribution is -0.119. The first-order chi connectivity index (χ1) is 22.2. The molecule has 0 aliphatic heterocycles. The van der Waals surface area contributed by atoms with Crippen molar-refractivity contribution in [3.05, 3.63) is 60.9 Å². The Balaban J connectivity index is 1.31. The van der Waals surface area contributed by atoms with Crippen LogP contribution in [0.4, 0.5) is 11.4 Å². The Kier molecular flexibility index (Phi) is 11.2. The van der Waals surface area contributed by atoms with Gasteiger partial charge in [-0.15, -0.1) is 0 Å². The Morgan fingerprint density at radius 2 is 0.935 bits per heavy atom. The zero-order chi connectivity index (χ0) is 33.2. The minimum Gasteiger partial charge on any atom is -0.493 e. The number of anilines is 2. The molecule has 13 heteroatoms. The number of benzene rings is 2. The quantitative estimate of drug-likeness (QED) is 0.205. The number of aromatic nitrogens is 2. The molecule has 0 bridgehead atoms. The fraction of sp³-hybridized carbons (Fsp3) is 0.273. The van der Waals surface area contributed by atoms with Crippen molar-refractivity contribution in [1.82, 2.24) is 14.9 Å². The first-order valence-corrected chi connectivity index (χ1v) is 14.0. The maximum Gasteiger partial charge on any atom is 0.238 e. The van der Waals surface area contributed by atoms with Gasteiger partial charge in [-0.2, -0.15) is 0 Å². The van der Waals surface area contributed by atoms with E-state index in [0.717, 1.165) is 11.1 Å². The first kappa shape index (κ1) is 33.3. The van der Waals surface area contributed by atoms with E-state index in [-0.39, 0.29) is 24.9 Å². The van der Waals surface area contributed by atoms with Gasteiger partial charge in [-0.3, -0.25) is 24.5 Å². The summed E-state index contributed by atoms with van der Waals surface area (Å²) in [5, 5.41) is 5.61. The number of nitrogens with one attached hydrogen (secondary N) is 2. The van der Waals surface area contributed by atoms with Crippen molar-refractivity contribution in [2.24, 2.45) is 0 Å². The van der Waals surface area contributed by atoms with E-state index < -0.39 is 0 Å². The second kappa shape index (κ2) is 15.4. The molecule has 0 fully saturated rings. The lowest BCUT2D eigenvalue weighted by Gasteiger charge is -2.16. The Morgan fingerprint density at radius 1 is 0.587 bits per heavy atom. The van der Waals surface area contributed by atoms with Crippen molar-refractivity contribution in [3.63, 3.8) is 0 Å². The average molecular weight is 632 g/mol. The Morgan fingerprint density at radius 3 is 1.20 bits per heavy atom. The van der Waals surface area contributed by atoms with Gasteiger partial charge in [0.15, 0.2) is 23.0 Å². The van der Waals surface area contributed by atoms with E-state index in [0.29, 0.717) is 57.3 Å². The summed E-state index contributed by atoms with van der Waals surface area (Å²) in [6.07, 6.45) is 3.11.